The summed E-state index contributed by atoms with van der Waals surface area (Å²) in [6, 6.07) is 9.30. The van der Waals surface area contributed by atoms with Gasteiger partial charge in [0.2, 0.25) is 0 Å². The van der Waals surface area contributed by atoms with Crippen LogP contribution >= 0.6 is 15.9 Å². The summed E-state index contributed by atoms with van der Waals surface area (Å²) >= 11 is 3.39. The summed E-state index contributed by atoms with van der Waals surface area (Å²) in [5.41, 5.74) is 1.06. The van der Waals surface area contributed by atoms with Crippen LogP contribution in [0.2, 0.25) is 0 Å². The van der Waals surface area contributed by atoms with E-state index in [1.54, 1.807) is 41.0 Å². The third kappa shape index (κ3) is 4.70. The number of nitrogens with zero attached hydrogens (tertiary/aromatic N) is 3. The number of para-hydroxylation sites is 1. The van der Waals surface area contributed by atoms with Gasteiger partial charge in [-0.15, -0.1) is 0 Å². The molecule has 33 heavy (non-hydrogen) atoms. The second-order valence-electron chi connectivity index (χ2n) is 6.80. The molecule has 4 rings (SSSR count). The Bertz CT molecular complexity index is 1350. The molecule has 4 aromatic rings. The lowest BCUT2D eigenvalue weighted by atomic mass is 10.1. The third-order valence-corrected chi connectivity index (χ3v) is 5.17. The summed E-state index contributed by atoms with van der Waals surface area (Å²) in [5.74, 6) is -3.89. The Balaban J connectivity index is 1.44. The number of fused-ring (bicyclic) bond motifs is 1. The van der Waals surface area contributed by atoms with Crippen molar-refractivity contribution in [2.75, 3.05) is 23.7 Å². The predicted octanol–water partition coefficient (Wildman–Crippen LogP) is 4.52. The molecule has 0 bridgehead atoms. The first-order valence-electron chi connectivity index (χ1n) is 9.60. The molecule has 2 heterocycles. The number of phenolic OH excluding ortho intramolecular Hbond substituents is 1. The van der Waals surface area contributed by atoms with Crippen molar-refractivity contribution >= 4 is 39.1 Å². The molecule has 0 radical (unpaired) electrons. The number of benzene rings is 2. The van der Waals surface area contributed by atoms with Crippen molar-refractivity contribution in [3.63, 3.8) is 0 Å². The minimum atomic E-state index is -1.66. The molecule has 0 spiro atoms. The highest BCUT2D eigenvalue weighted by Crippen LogP contribution is 2.31. The molecule has 2 aromatic carbocycles. The maximum absolute atomic E-state index is 13.7. The highest BCUT2D eigenvalue weighted by Gasteiger charge is 2.16. The van der Waals surface area contributed by atoms with E-state index in [9.17, 15) is 23.1 Å². The maximum atomic E-state index is 13.7. The maximum Gasteiger partial charge on any atom is 0.319 e. The number of rotatable bonds is 6. The summed E-state index contributed by atoms with van der Waals surface area (Å²) in [5, 5.41) is 22.1. The SMILES string of the molecule is O=C(NCCNc1cc(-c2ccccc2O)nc2c(Br)cnn12)Nc1ccc(F)c(F)c1F. The molecule has 0 aliphatic heterocycles. The molecule has 170 valence electrons. The molecular weight excluding hydrogens is 505 g/mol. The van der Waals surface area contributed by atoms with Gasteiger partial charge in [-0.1, -0.05) is 12.1 Å². The smallest absolute Gasteiger partial charge is 0.319 e. The van der Waals surface area contributed by atoms with Crippen molar-refractivity contribution < 1.29 is 23.1 Å². The third-order valence-electron chi connectivity index (χ3n) is 4.61. The summed E-state index contributed by atoms with van der Waals surface area (Å²) in [6.07, 6.45) is 1.57. The lowest BCUT2D eigenvalue weighted by Crippen LogP contribution is -2.33. The van der Waals surface area contributed by atoms with Gasteiger partial charge in [0.1, 0.15) is 11.6 Å². The normalized spacial score (nSPS) is 10.9. The van der Waals surface area contributed by atoms with Gasteiger partial charge in [-0.25, -0.2) is 22.9 Å². The number of amides is 2. The summed E-state index contributed by atoms with van der Waals surface area (Å²) in [6.45, 7) is 0.347. The molecule has 0 aliphatic rings. The molecule has 0 saturated carbocycles. The van der Waals surface area contributed by atoms with Gasteiger partial charge in [0.25, 0.3) is 0 Å². The average Bonchev–Trinajstić information content (AvgIpc) is 3.18. The number of nitrogens with one attached hydrogen (secondary N) is 3. The first kappa shape index (κ1) is 22.4. The van der Waals surface area contributed by atoms with E-state index in [0.717, 1.165) is 6.07 Å². The van der Waals surface area contributed by atoms with Crippen molar-refractivity contribution in [1.82, 2.24) is 19.9 Å². The second kappa shape index (κ2) is 9.36. The fourth-order valence-electron chi connectivity index (χ4n) is 3.05. The number of halogens is 4. The first-order chi connectivity index (χ1) is 15.8. The second-order valence-corrected chi connectivity index (χ2v) is 7.66. The number of phenols is 1. The van der Waals surface area contributed by atoms with Crippen molar-refractivity contribution in [2.45, 2.75) is 0 Å². The van der Waals surface area contributed by atoms with E-state index in [-0.39, 0.29) is 18.8 Å². The van der Waals surface area contributed by atoms with Gasteiger partial charge in [0.05, 0.1) is 22.1 Å². The van der Waals surface area contributed by atoms with Gasteiger partial charge in [-0.05, 0) is 40.2 Å². The highest BCUT2D eigenvalue weighted by molar-refractivity contribution is 9.10. The number of aromatic hydroxyl groups is 1. The number of hydrogen-bond donors (Lipinski definition) is 4. The van der Waals surface area contributed by atoms with Crippen LogP contribution in [0.4, 0.5) is 29.5 Å². The van der Waals surface area contributed by atoms with E-state index in [1.807, 2.05) is 0 Å². The quantitative estimate of drug-likeness (QED) is 0.221. The summed E-state index contributed by atoms with van der Waals surface area (Å²) in [7, 11) is 0. The van der Waals surface area contributed by atoms with Crippen LogP contribution in [0.25, 0.3) is 16.9 Å². The van der Waals surface area contributed by atoms with Crippen LogP contribution in [-0.2, 0) is 0 Å². The first-order valence-corrected chi connectivity index (χ1v) is 10.4. The molecule has 4 N–H and O–H groups in total. The molecule has 2 amide bonds. The van der Waals surface area contributed by atoms with Crippen LogP contribution in [-0.4, -0.2) is 38.8 Å². The summed E-state index contributed by atoms with van der Waals surface area (Å²) < 4.78 is 42.2. The Labute approximate surface area is 193 Å². The fourth-order valence-corrected chi connectivity index (χ4v) is 3.39. The van der Waals surface area contributed by atoms with E-state index >= 15 is 0 Å². The van der Waals surface area contributed by atoms with Crippen LogP contribution in [0.1, 0.15) is 0 Å². The summed E-state index contributed by atoms with van der Waals surface area (Å²) in [4.78, 5) is 16.5. The average molecular weight is 521 g/mol. The van der Waals surface area contributed by atoms with Gasteiger partial charge in [-0.3, -0.25) is 0 Å². The highest BCUT2D eigenvalue weighted by atomic mass is 79.9. The fraction of sp³-hybridized carbons (Fsp3) is 0.0952. The lowest BCUT2D eigenvalue weighted by molar-refractivity contribution is 0.252. The minimum absolute atomic E-state index is 0.0683. The Morgan fingerprint density at radius 3 is 2.67 bits per heavy atom. The Kier molecular flexibility index (Phi) is 6.36. The van der Waals surface area contributed by atoms with E-state index < -0.39 is 29.2 Å². The number of aromatic nitrogens is 3. The molecule has 0 aliphatic carbocycles. The van der Waals surface area contributed by atoms with Gasteiger partial charge in [-0.2, -0.15) is 9.61 Å². The largest absolute Gasteiger partial charge is 0.507 e. The monoisotopic (exact) mass is 520 g/mol. The van der Waals surface area contributed by atoms with Crippen molar-refractivity contribution in [3.05, 3.63) is 70.6 Å². The molecule has 2 aromatic heterocycles. The number of urea groups is 1. The van der Waals surface area contributed by atoms with Gasteiger partial charge >= 0.3 is 6.03 Å². The number of carbonyl (C=O) groups excluding carboxylic acids is 1. The van der Waals surface area contributed by atoms with E-state index in [2.05, 4.69) is 42.0 Å². The molecular formula is C21H16BrF3N6O2. The molecule has 0 saturated heterocycles. The number of carbonyl (C=O) groups is 1. The predicted molar refractivity (Wildman–Crippen MR) is 120 cm³/mol. The van der Waals surface area contributed by atoms with Gasteiger partial charge in [0, 0.05) is 24.7 Å². The minimum Gasteiger partial charge on any atom is -0.507 e. The Hall–Kier alpha value is -3.80. The van der Waals surface area contributed by atoms with E-state index in [4.69, 9.17) is 0 Å². The Morgan fingerprint density at radius 2 is 1.88 bits per heavy atom. The van der Waals surface area contributed by atoms with Crippen LogP contribution in [0.15, 0.2) is 53.1 Å². The molecule has 0 atom stereocenters. The number of anilines is 2. The van der Waals surface area contributed by atoms with Crippen molar-refractivity contribution in [2.24, 2.45) is 0 Å². The molecule has 0 unspecified atom stereocenters. The van der Waals surface area contributed by atoms with Crippen LogP contribution < -0.4 is 16.0 Å². The van der Waals surface area contributed by atoms with Gasteiger partial charge < -0.3 is 21.1 Å². The Morgan fingerprint density at radius 1 is 1.09 bits per heavy atom. The van der Waals surface area contributed by atoms with Crippen LogP contribution in [0, 0.1) is 17.5 Å². The topological polar surface area (TPSA) is 104 Å². The van der Waals surface area contributed by atoms with Gasteiger partial charge in [0.15, 0.2) is 23.1 Å². The van der Waals surface area contributed by atoms with Crippen molar-refractivity contribution in [3.8, 4) is 17.0 Å². The van der Waals surface area contributed by atoms with E-state index in [1.165, 1.54) is 0 Å². The van der Waals surface area contributed by atoms with E-state index in [0.29, 0.717) is 33.3 Å². The molecule has 12 heteroatoms. The van der Waals surface area contributed by atoms with Crippen LogP contribution in [0.5, 0.6) is 5.75 Å². The molecule has 0 fully saturated rings. The van der Waals surface area contributed by atoms with Crippen molar-refractivity contribution in [1.29, 1.82) is 0 Å². The standard InChI is InChI=1S/C21H16BrF3N6O2/c22-12-10-28-31-17(9-15(29-20(12)31)11-3-1-2-4-16(11)32)26-7-8-27-21(33)30-14-6-5-13(23)18(24)19(14)25/h1-6,9-10,26,32H,7-8H2,(H2,27,30,33). The number of hydrogen-bond acceptors (Lipinski definition) is 5. The zero-order valence-corrected chi connectivity index (χ0v) is 18.3. The zero-order valence-electron chi connectivity index (χ0n) is 16.7. The zero-order chi connectivity index (χ0) is 23.5. The lowest BCUT2D eigenvalue weighted by Gasteiger charge is -2.12. The van der Waals surface area contributed by atoms with Crippen LogP contribution in [0.3, 0.4) is 0 Å². The molecule has 8 nitrogen and oxygen atoms in total.